The van der Waals surface area contributed by atoms with Crippen LogP contribution >= 0.6 is 11.6 Å². The van der Waals surface area contributed by atoms with E-state index in [2.05, 4.69) is 20.2 Å². The number of nitrogens with zero attached hydrogens (tertiary/aromatic N) is 2. The van der Waals surface area contributed by atoms with E-state index in [4.69, 9.17) is 11.6 Å². The first-order valence-electron chi connectivity index (χ1n) is 7.04. The number of amides is 1. The lowest BCUT2D eigenvalue weighted by atomic mass is 10.1. The van der Waals surface area contributed by atoms with Gasteiger partial charge in [-0.3, -0.25) is 4.79 Å². The van der Waals surface area contributed by atoms with Crippen LogP contribution in [0.2, 0.25) is 5.02 Å². The van der Waals surface area contributed by atoms with Crippen molar-refractivity contribution in [2.75, 3.05) is 18.4 Å². The maximum absolute atomic E-state index is 12.4. The molecule has 1 amide bonds. The fourth-order valence-electron chi connectivity index (χ4n) is 2.62. The Morgan fingerprint density at radius 1 is 1.33 bits per heavy atom. The summed E-state index contributed by atoms with van der Waals surface area (Å²) in [7, 11) is 0. The Labute approximate surface area is 128 Å². The van der Waals surface area contributed by atoms with Crippen molar-refractivity contribution in [3.8, 4) is 0 Å². The fourth-order valence-corrected chi connectivity index (χ4v) is 2.73. The van der Waals surface area contributed by atoms with Crippen LogP contribution < -0.4 is 10.6 Å². The highest BCUT2D eigenvalue weighted by molar-refractivity contribution is 6.30. The first-order valence-corrected chi connectivity index (χ1v) is 7.42. The number of carbonyl (C=O) groups excluding carboxylic acids is 1. The van der Waals surface area contributed by atoms with Gasteiger partial charge >= 0.3 is 0 Å². The van der Waals surface area contributed by atoms with Crippen LogP contribution in [0.1, 0.15) is 29.4 Å². The van der Waals surface area contributed by atoms with E-state index >= 15 is 0 Å². The maximum Gasteiger partial charge on any atom is 0.273 e. The van der Waals surface area contributed by atoms with Crippen LogP contribution in [0.25, 0.3) is 0 Å². The number of rotatable bonds is 3. The highest BCUT2D eigenvalue weighted by atomic mass is 35.5. The first kappa shape index (κ1) is 14.1. The van der Waals surface area contributed by atoms with Crippen LogP contribution in [0.15, 0.2) is 36.7 Å². The van der Waals surface area contributed by atoms with Crippen LogP contribution in [0, 0.1) is 0 Å². The summed E-state index contributed by atoms with van der Waals surface area (Å²) in [6, 6.07) is 7.52. The Morgan fingerprint density at radius 3 is 2.86 bits per heavy atom. The number of pyridine rings is 1. The number of hydrogen-bond donors (Lipinski definition) is 2. The number of nitrogens with one attached hydrogen (secondary N) is 2. The Hall–Kier alpha value is -1.85. The van der Waals surface area contributed by atoms with Crippen molar-refractivity contribution < 1.29 is 4.79 Å². The lowest BCUT2D eigenvalue weighted by Gasteiger charge is -2.25. The molecule has 2 aromatic heterocycles. The molecular weight excluding hydrogens is 288 g/mol. The van der Waals surface area contributed by atoms with Gasteiger partial charge in [-0.2, -0.15) is 0 Å². The average Bonchev–Trinajstić information content (AvgIpc) is 3.00. The van der Waals surface area contributed by atoms with Crippen molar-refractivity contribution >= 4 is 23.3 Å². The zero-order chi connectivity index (χ0) is 14.7. The molecule has 3 rings (SSSR count). The van der Waals surface area contributed by atoms with E-state index in [1.807, 2.05) is 18.3 Å². The van der Waals surface area contributed by atoms with Crippen LogP contribution in [-0.2, 0) is 0 Å². The van der Waals surface area contributed by atoms with E-state index < -0.39 is 0 Å². The molecule has 2 aromatic rings. The van der Waals surface area contributed by atoms with Crippen molar-refractivity contribution in [1.82, 2.24) is 14.9 Å². The third-order valence-electron chi connectivity index (χ3n) is 3.68. The molecule has 0 aromatic carbocycles. The molecule has 0 radical (unpaired) electrons. The van der Waals surface area contributed by atoms with Gasteiger partial charge in [0.15, 0.2) is 0 Å². The summed E-state index contributed by atoms with van der Waals surface area (Å²) in [6.07, 6.45) is 5.56. The highest BCUT2D eigenvalue weighted by Gasteiger charge is 2.20. The number of carbonyl (C=O) groups is 1. The van der Waals surface area contributed by atoms with E-state index in [-0.39, 0.29) is 5.91 Å². The predicted molar refractivity (Wildman–Crippen MR) is 82.8 cm³/mol. The fraction of sp³-hybridized carbons (Fsp3) is 0.333. The summed E-state index contributed by atoms with van der Waals surface area (Å²) in [6.45, 7) is 1.98. The molecule has 6 heteroatoms. The molecule has 110 valence electrons. The smallest absolute Gasteiger partial charge is 0.273 e. The molecule has 0 aliphatic carbocycles. The molecule has 3 heterocycles. The largest absolute Gasteiger partial charge is 0.340 e. The molecule has 2 N–H and O–H groups in total. The lowest BCUT2D eigenvalue weighted by molar-refractivity contribution is 0.101. The second-order valence-electron chi connectivity index (χ2n) is 5.10. The number of piperidine rings is 1. The van der Waals surface area contributed by atoms with Gasteiger partial charge in [-0.1, -0.05) is 11.6 Å². The van der Waals surface area contributed by atoms with Gasteiger partial charge in [-0.25, -0.2) is 4.98 Å². The lowest BCUT2D eigenvalue weighted by Crippen LogP contribution is -2.31. The van der Waals surface area contributed by atoms with E-state index in [0.29, 0.717) is 22.6 Å². The van der Waals surface area contributed by atoms with Gasteiger partial charge in [-0.15, -0.1) is 0 Å². The SMILES string of the molecule is O=C(Nc1ccc(Cl)cn1)c1cccn1C1CCNCC1. The molecule has 0 atom stereocenters. The zero-order valence-corrected chi connectivity index (χ0v) is 12.3. The number of aromatic nitrogens is 2. The van der Waals surface area contributed by atoms with Gasteiger partial charge in [0.2, 0.25) is 0 Å². The summed E-state index contributed by atoms with van der Waals surface area (Å²) < 4.78 is 2.06. The second kappa shape index (κ2) is 6.28. The summed E-state index contributed by atoms with van der Waals surface area (Å²) in [5.74, 6) is 0.357. The van der Waals surface area contributed by atoms with Gasteiger partial charge in [0, 0.05) is 18.4 Å². The Kier molecular flexibility index (Phi) is 4.22. The third kappa shape index (κ3) is 3.25. The summed E-state index contributed by atoms with van der Waals surface area (Å²) in [4.78, 5) is 16.5. The van der Waals surface area contributed by atoms with Crippen LogP contribution in [0.3, 0.4) is 0 Å². The third-order valence-corrected chi connectivity index (χ3v) is 3.91. The average molecular weight is 305 g/mol. The standard InChI is InChI=1S/C15H17ClN4O/c16-11-3-4-14(18-10-11)19-15(21)13-2-1-9-20(13)12-5-7-17-8-6-12/h1-4,9-10,12,17H,5-8H2,(H,18,19,21). The minimum atomic E-state index is -0.145. The Balaban J connectivity index is 1.75. The van der Waals surface area contributed by atoms with Crippen molar-refractivity contribution in [3.63, 3.8) is 0 Å². The second-order valence-corrected chi connectivity index (χ2v) is 5.53. The number of hydrogen-bond acceptors (Lipinski definition) is 3. The van der Waals surface area contributed by atoms with Crippen molar-refractivity contribution in [3.05, 3.63) is 47.4 Å². The van der Waals surface area contributed by atoms with E-state index in [1.54, 1.807) is 12.1 Å². The summed E-state index contributed by atoms with van der Waals surface area (Å²) >= 11 is 5.79. The maximum atomic E-state index is 12.4. The molecular formula is C15H17ClN4O. The summed E-state index contributed by atoms with van der Waals surface area (Å²) in [5.41, 5.74) is 0.665. The monoisotopic (exact) mass is 304 g/mol. The minimum Gasteiger partial charge on any atom is -0.340 e. The van der Waals surface area contributed by atoms with Crippen LogP contribution in [0.4, 0.5) is 5.82 Å². The van der Waals surface area contributed by atoms with Crippen molar-refractivity contribution in [1.29, 1.82) is 0 Å². The molecule has 21 heavy (non-hydrogen) atoms. The van der Waals surface area contributed by atoms with Crippen molar-refractivity contribution in [2.45, 2.75) is 18.9 Å². The van der Waals surface area contributed by atoms with Gasteiger partial charge in [0.05, 0.1) is 5.02 Å². The zero-order valence-electron chi connectivity index (χ0n) is 11.6. The molecule has 1 aliphatic heterocycles. The summed E-state index contributed by atoms with van der Waals surface area (Å²) in [5, 5.41) is 6.69. The molecule has 5 nitrogen and oxygen atoms in total. The van der Waals surface area contributed by atoms with E-state index in [9.17, 15) is 4.79 Å². The van der Waals surface area contributed by atoms with E-state index in [0.717, 1.165) is 25.9 Å². The molecule has 0 spiro atoms. The van der Waals surface area contributed by atoms with Crippen molar-refractivity contribution in [2.24, 2.45) is 0 Å². The normalized spacial score (nSPS) is 15.9. The van der Waals surface area contributed by atoms with Gasteiger partial charge < -0.3 is 15.2 Å². The first-order chi connectivity index (χ1) is 10.2. The number of anilines is 1. The minimum absolute atomic E-state index is 0.145. The highest BCUT2D eigenvalue weighted by Crippen LogP contribution is 2.22. The molecule has 0 unspecified atom stereocenters. The van der Waals surface area contributed by atoms with E-state index in [1.165, 1.54) is 6.20 Å². The molecule has 1 fully saturated rings. The van der Waals surface area contributed by atoms with Gasteiger partial charge in [0.25, 0.3) is 5.91 Å². The molecule has 0 saturated carbocycles. The number of halogens is 1. The Morgan fingerprint density at radius 2 is 2.14 bits per heavy atom. The molecule has 0 bridgehead atoms. The Bertz CT molecular complexity index is 617. The molecule has 1 aliphatic rings. The van der Waals surface area contributed by atoms with Gasteiger partial charge in [-0.05, 0) is 50.2 Å². The molecule has 1 saturated heterocycles. The topological polar surface area (TPSA) is 59.0 Å². The van der Waals surface area contributed by atoms with Crippen LogP contribution in [0.5, 0.6) is 0 Å². The van der Waals surface area contributed by atoms with Crippen LogP contribution in [-0.4, -0.2) is 28.5 Å². The predicted octanol–water partition coefficient (Wildman–Crippen LogP) is 2.71. The van der Waals surface area contributed by atoms with Gasteiger partial charge in [0.1, 0.15) is 11.5 Å². The quantitative estimate of drug-likeness (QED) is 0.916.